The number of nitrogens with two attached hydrogens (primary N) is 1. The lowest BCUT2D eigenvalue weighted by Crippen LogP contribution is -2.36. The maximum Gasteiger partial charge on any atom is 0.157 e. The molecule has 3 heterocycles. The minimum absolute atomic E-state index is 0.619. The fourth-order valence-corrected chi connectivity index (χ4v) is 2.70. The number of imidazole rings is 1. The quantitative estimate of drug-likeness (QED) is 0.756. The molecule has 0 atom stereocenters. The molecule has 4 rings (SSSR count). The van der Waals surface area contributed by atoms with Crippen LogP contribution in [-0.4, -0.2) is 41.3 Å². The molecule has 2 aromatic heterocycles. The minimum Gasteiger partial charge on any atom is -0.397 e. The fraction of sp³-hybridized carbons (Fsp3) is 0.250. The van der Waals surface area contributed by atoms with E-state index in [9.17, 15) is 0 Å². The van der Waals surface area contributed by atoms with E-state index in [2.05, 4.69) is 44.1 Å². The van der Waals surface area contributed by atoms with E-state index in [4.69, 9.17) is 10.5 Å². The predicted molar refractivity (Wildman–Crippen MR) is 86.8 cm³/mol. The Morgan fingerprint density at radius 2 is 1.91 bits per heavy atom. The topological polar surface area (TPSA) is 80.1 Å². The third kappa shape index (κ3) is 2.37. The first-order valence-corrected chi connectivity index (χ1v) is 7.34. The van der Waals surface area contributed by atoms with Gasteiger partial charge in [0, 0.05) is 24.3 Å². The van der Waals surface area contributed by atoms with E-state index in [-0.39, 0.29) is 0 Å². The highest BCUT2D eigenvalue weighted by Gasteiger charge is 2.12. The smallest absolute Gasteiger partial charge is 0.157 e. The highest BCUT2D eigenvalue weighted by molar-refractivity contribution is 5.78. The van der Waals surface area contributed by atoms with Crippen LogP contribution in [0.5, 0.6) is 0 Å². The summed E-state index contributed by atoms with van der Waals surface area (Å²) in [5.41, 5.74) is 10.1. The zero-order chi connectivity index (χ0) is 14.9. The third-order valence-electron chi connectivity index (χ3n) is 3.87. The maximum absolute atomic E-state index is 5.74. The number of ether oxygens (including phenoxy) is 1. The Hall–Kier alpha value is -2.60. The molecule has 3 aromatic rings. The van der Waals surface area contributed by atoms with Crippen molar-refractivity contribution in [2.24, 2.45) is 0 Å². The van der Waals surface area contributed by atoms with Crippen LogP contribution in [0.4, 0.5) is 11.4 Å². The number of hydrogen-bond donors (Lipinski definition) is 2. The molecule has 6 nitrogen and oxygen atoms in total. The van der Waals surface area contributed by atoms with Crippen LogP contribution in [0.3, 0.4) is 0 Å². The Kier molecular flexibility index (Phi) is 3.16. The van der Waals surface area contributed by atoms with Crippen LogP contribution in [0.15, 0.2) is 36.5 Å². The van der Waals surface area contributed by atoms with Gasteiger partial charge in [0.05, 0.1) is 25.1 Å². The van der Waals surface area contributed by atoms with Gasteiger partial charge in [0.1, 0.15) is 11.3 Å². The van der Waals surface area contributed by atoms with Crippen LogP contribution in [-0.2, 0) is 4.74 Å². The first-order chi connectivity index (χ1) is 10.8. The number of hydrogen-bond acceptors (Lipinski definition) is 5. The van der Waals surface area contributed by atoms with Crippen LogP contribution in [0.2, 0.25) is 0 Å². The van der Waals surface area contributed by atoms with Gasteiger partial charge in [0.15, 0.2) is 5.65 Å². The van der Waals surface area contributed by atoms with Crippen molar-refractivity contribution >= 4 is 22.5 Å². The van der Waals surface area contributed by atoms with Gasteiger partial charge in [-0.3, -0.25) is 0 Å². The summed E-state index contributed by atoms with van der Waals surface area (Å²) < 4.78 is 5.38. The molecule has 6 heteroatoms. The summed E-state index contributed by atoms with van der Waals surface area (Å²) in [6.45, 7) is 3.46. The van der Waals surface area contributed by atoms with Crippen LogP contribution in [0.25, 0.3) is 22.6 Å². The summed E-state index contributed by atoms with van der Waals surface area (Å²) in [6.07, 6.45) is 1.63. The van der Waals surface area contributed by atoms with E-state index in [1.165, 1.54) is 5.69 Å². The SMILES string of the molecule is Nc1cnc2[nH]c(-c3ccc(N4CCOCC4)cc3)nc2c1. The number of H-pyrrole nitrogens is 1. The van der Waals surface area contributed by atoms with Crippen molar-refractivity contribution in [1.29, 1.82) is 0 Å². The second-order valence-corrected chi connectivity index (χ2v) is 5.37. The number of pyridine rings is 1. The fourth-order valence-electron chi connectivity index (χ4n) is 2.70. The predicted octanol–water partition coefficient (Wildman–Crippen LogP) is 2.04. The second kappa shape index (κ2) is 5.31. The van der Waals surface area contributed by atoms with E-state index in [1.54, 1.807) is 6.20 Å². The summed E-state index contributed by atoms with van der Waals surface area (Å²) in [5.74, 6) is 0.807. The number of nitrogen functional groups attached to an aromatic ring is 1. The molecule has 1 aromatic carbocycles. The molecule has 0 radical (unpaired) electrons. The Morgan fingerprint density at radius 3 is 2.68 bits per heavy atom. The summed E-state index contributed by atoms with van der Waals surface area (Å²) in [5, 5.41) is 0. The number of nitrogens with one attached hydrogen (secondary N) is 1. The standard InChI is InChI=1S/C16H17N5O/c17-12-9-14-16(18-10-12)20-15(19-14)11-1-3-13(4-2-11)21-5-7-22-8-6-21/h1-4,9-10H,5-8,17H2,(H,18,19,20). The lowest BCUT2D eigenvalue weighted by atomic mass is 10.2. The molecule has 1 fully saturated rings. The average molecular weight is 295 g/mol. The molecule has 0 bridgehead atoms. The van der Waals surface area contributed by atoms with Crippen molar-refractivity contribution in [2.75, 3.05) is 36.9 Å². The highest BCUT2D eigenvalue weighted by atomic mass is 16.5. The van der Waals surface area contributed by atoms with Crippen molar-refractivity contribution in [1.82, 2.24) is 15.0 Å². The van der Waals surface area contributed by atoms with Gasteiger partial charge < -0.3 is 20.4 Å². The molecule has 1 aliphatic rings. The number of aromatic nitrogens is 3. The number of morpholine rings is 1. The summed E-state index contributed by atoms with van der Waals surface area (Å²) >= 11 is 0. The third-order valence-corrected chi connectivity index (χ3v) is 3.87. The number of anilines is 2. The highest BCUT2D eigenvalue weighted by Crippen LogP contribution is 2.24. The Balaban J connectivity index is 1.63. The summed E-state index contributed by atoms with van der Waals surface area (Å²) in [7, 11) is 0. The van der Waals surface area contributed by atoms with Crippen molar-refractivity contribution in [3.63, 3.8) is 0 Å². The molecular weight excluding hydrogens is 278 g/mol. The van der Waals surface area contributed by atoms with Crippen LogP contribution >= 0.6 is 0 Å². The monoisotopic (exact) mass is 295 g/mol. The Morgan fingerprint density at radius 1 is 1.14 bits per heavy atom. The minimum atomic E-state index is 0.619. The normalized spacial score (nSPS) is 15.4. The molecule has 0 amide bonds. The lowest BCUT2D eigenvalue weighted by molar-refractivity contribution is 0.122. The molecule has 22 heavy (non-hydrogen) atoms. The number of fused-ring (bicyclic) bond motifs is 1. The lowest BCUT2D eigenvalue weighted by Gasteiger charge is -2.28. The molecule has 0 saturated carbocycles. The molecule has 1 saturated heterocycles. The van der Waals surface area contributed by atoms with E-state index in [0.717, 1.165) is 48.9 Å². The summed E-state index contributed by atoms with van der Waals surface area (Å²) in [4.78, 5) is 14.4. The molecule has 0 unspecified atom stereocenters. The van der Waals surface area contributed by atoms with Crippen molar-refractivity contribution < 1.29 is 4.74 Å². The molecule has 112 valence electrons. The maximum atomic E-state index is 5.74. The van der Waals surface area contributed by atoms with Crippen LogP contribution in [0.1, 0.15) is 0 Å². The molecule has 0 spiro atoms. The first kappa shape index (κ1) is 13.1. The van der Waals surface area contributed by atoms with Gasteiger partial charge in [0.2, 0.25) is 0 Å². The van der Waals surface area contributed by atoms with E-state index >= 15 is 0 Å². The van der Waals surface area contributed by atoms with Gasteiger partial charge in [-0.1, -0.05) is 0 Å². The van der Waals surface area contributed by atoms with Gasteiger partial charge >= 0.3 is 0 Å². The Labute approximate surface area is 127 Å². The van der Waals surface area contributed by atoms with Crippen LogP contribution < -0.4 is 10.6 Å². The van der Waals surface area contributed by atoms with Crippen molar-refractivity contribution in [3.8, 4) is 11.4 Å². The van der Waals surface area contributed by atoms with Crippen molar-refractivity contribution in [2.45, 2.75) is 0 Å². The molecule has 0 aliphatic carbocycles. The first-order valence-electron chi connectivity index (χ1n) is 7.34. The number of aromatic amines is 1. The van der Waals surface area contributed by atoms with Gasteiger partial charge in [-0.15, -0.1) is 0 Å². The summed E-state index contributed by atoms with van der Waals surface area (Å²) in [6, 6.07) is 10.2. The van der Waals surface area contributed by atoms with Crippen LogP contribution in [0, 0.1) is 0 Å². The zero-order valence-corrected chi connectivity index (χ0v) is 12.1. The van der Waals surface area contributed by atoms with Gasteiger partial charge in [-0.2, -0.15) is 0 Å². The second-order valence-electron chi connectivity index (χ2n) is 5.37. The zero-order valence-electron chi connectivity index (χ0n) is 12.1. The van der Waals surface area contributed by atoms with E-state index < -0.39 is 0 Å². The largest absolute Gasteiger partial charge is 0.397 e. The molecule has 1 aliphatic heterocycles. The number of benzene rings is 1. The molecular formula is C16H17N5O. The molecule has 3 N–H and O–H groups in total. The Bertz CT molecular complexity index is 790. The van der Waals surface area contributed by atoms with Crippen molar-refractivity contribution in [3.05, 3.63) is 36.5 Å². The van der Waals surface area contributed by atoms with Gasteiger partial charge in [0.25, 0.3) is 0 Å². The van der Waals surface area contributed by atoms with E-state index in [0.29, 0.717) is 5.69 Å². The average Bonchev–Trinajstić information content (AvgIpc) is 2.99. The number of nitrogens with zero attached hydrogens (tertiary/aromatic N) is 3. The van der Waals surface area contributed by atoms with Gasteiger partial charge in [-0.05, 0) is 30.3 Å². The van der Waals surface area contributed by atoms with E-state index in [1.807, 2.05) is 6.07 Å². The number of rotatable bonds is 2. The van der Waals surface area contributed by atoms with Gasteiger partial charge in [-0.25, -0.2) is 9.97 Å².